The number of rotatable bonds is 4. The van der Waals surface area contributed by atoms with Crippen LogP contribution in [-0.4, -0.2) is 27.9 Å². The molecule has 3 nitrogen and oxygen atoms in total. The first-order chi connectivity index (χ1) is 7.10. The fourth-order valence-corrected chi connectivity index (χ4v) is 1.27. The van der Waals surface area contributed by atoms with Crippen LogP contribution < -0.4 is 4.90 Å². The summed E-state index contributed by atoms with van der Waals surface area (Å²) < 4.78 is 5.11. The van der Waals surface area contributed by atoms with Crippen LogP contribution in [0.5, 0.6) is 0 Å². The van der Waals surface area contributed by atoms with Crippen molar-refractivity contribution < 1.29 is 4.74 Å². The Balaban J connectivity index is 3.25. The predicted octanol–water partition coefficient (Wildman–Crippen LogP) is 2.70. The maximum Gasteiger partial charge on any atom is 0.121 e. The van der Waals surface area contributed by atoms with Gasteiger partial charge in [-0.1, -0.05) is 6.58 Å². The largest absolute Gasteiger partial charge is 0.497 e. The van der Waals surface area contributed by atoms with E-state index in [9.17, 15) is 0 Å². The summed E-state index contributed by atoms with van der Waals surface area (Å²) in [5, 5.41) is 0. The fraction of sp³-hybridized carbons (Fsp3) is 0.250. The van der Waals surface area contributed by atoms with E-state index < -0.39 is 0 Å². The third-order valence-corrected chi connectivity index (χ3v) is 2.21. The summed E-state index contributed by atoms with van der Waals surface area (Å²) in [6.07, 6.45) is 0. The molecule has 0 fully saturated rings. The molecule has 1 aromatic carbocycles. The van der Waals surface area contributed by atoms with E-state index in [2.05, 4.69) is 18.3 Å². The molecule has 0 atom stereocenters. The molecule has 1 rings (SSSR count). The highest BCUT2D eigenvalue weighted by molar-refractivity contribution is 5.74. The highest BCUT2D eigenvalue weighted by Crippen LogP contribution is 2.29. The molecule has 0 aliphatic carbocycles. The molecule has 0 saturated heterocycles. The van der Waals surface area contributed by atoms with Gasteiger partial charge in [0.1, 0.15) is 5.76 Å². The Labute approximate surface area is 90.7 Å². The van der Waals surface area contributed by atoms with E-state index in [0.29, 0.717) is 5.76 Å². The molecule has 15 heavy (non-hydrogen) atoms. The van der Waals surface area contributed by atoms with Gasteiger partial charge in [-0.15, -0.1) is 0 Å². The number of benzene rings is 1. The van der Waals surface area contributed by atoms with E-state index in [1.807, 2.05) is 37.2 Å². The third kappa shape index (κ3) is 2.37. The van der Waals surface area contributed by atoms with Crippen LogP contribution in [0.1, 0.15) is 5.56 Å². The van der Waals surface area contributed by atoms with Crippen LogP contribution in [0.4, 0.5) is 11.4 Å². The summed E-state index contributed by atoms with van der Waals surface area (Å²) >= 11 is 0. The first-order valence-corrected chi connectivity index (χ1v) is 4.61. The van der Waals surface area contributed by atoms with Gasteiger partial charge >= 0.3 is 0 Å². The van der Waals surface area contributed by atoms with Gasteiger partial charge in [0.25, 0.3) is 0 Å². The van der Waals surface area contributed by atoms with Crippen molar-refractivity contribution in [3.63, 3.8) is 0 Å². The molecule has 1 aromatic rings. The van der Waals surface area contributed by atoms with E-state index >= 15 is 0 Å². The minimum Gasteiger partial charge on any atom is -0.497 e. The zero-order chi connectivity index (χ0) is 11.4. The zero-order valence-corrected chi connectivity index (χ0v) is 9.45. The Morgan fingerprint density at radius 1 is 1.40 bits per heavy atom. The Kier molecular flexibility index (Phi) is 3.50. The normalized spacial score (nSPS) is 9.53. The van der Waals surface area contributed by atoms with E-state index in [1.165, 1.54) is 0 Å². The van der Waals surface area contributed by atoms with Gasteiger partial charge in [-0.25, -0.2) is 0 Å². The first kappa shape index (κ1) is 11.3. The Morgan fingerprint density at radius 2 is 2.07 bits per heavy atom. The molecule has 3 heteroatoms. The second kappa shape index (κ2) is 4.64. The van der Waals surface area contributed by atoms with Crippen molar-refractivity contribution >= 4 is 23.9 Å². The van der Waals surface area contributed by atoms with Gasteiger partial charge < -0.3 is 9.64 Å². The van der Waals surface area contributed by atoms with Crippen LogP contribution in [-0.2, 0) is 4.74 Å². The number of ether oxygens (including phenoxy) is 1. The Morgan fingerprint density at radius 3 is 2.53 bits per heavy atom. The van der Waals surface area contributed by atoms with Crippen LogP contribution in [0.3, 0.4) is 0 Å². The summed E-state index contributed by atoms with van der Waals surface area (Å²) in [4.78, 5) is 5.94. The molecule has 0 radical (unpaired) electrons. The molecule has 0 bridgehead atoms. The molecular formula is C12H16N2O. The number of methoxy groups -OCH3 is 1. The summed E-state index contributed by atoms with van der Waals surface area (Å²) in [6, 6.07) is 5.87. The maximum absolute atomic E-state index is 5.11. The van der Waals surface area contributed by atoms with Gasteiger partial charge in [-0.2, -0.15) is 0 Å². The van der Waals surface area contributed by atoms with E-state index in [0.717, 1.165) is 16.9 Å². The van der Waals surface area contributed by atoms with Crippen molar-refractivity contribution in [3.05, 3.63) is 30.3 Å². The lowest BCUT2D eigenvalue weighted by Crippen LogP contribution is -2.08. The van der Waals surface area contributed by atoms with Crippen LogP contribution in [0.25, 0.3) is 5.76 Å². The van der Waals surface area contributed by atoms with E-state index in [4.69, 9.17) is 4.74 Å². The molecule has 0 aliphatic rings. The number of hydrogen-bond donors (Lipinski definition) is 0. The van der Waals surface area contributed by atoms with E-state index in [-0.39, 0.29) is 0 Å². The van der Waals surface area contributed by atoms with Crippen molar-refractivity contribution in [2.24, 2.45) is 4.99 Å². The minimum absolute atomic E-state index is 0.598. The van der Waals surface area contributed by atoms with Gasteiger partial charge in [0.2, 0.25) is 0 Å². The van der Waals surface area contributed by atoms with Crippen LogP contribution in [0, 0.1) is 0 Å². The second-order valence-corrected chi connectivity index (χ2v) is 3.38. The second-order valence-electron chi connectivity index (χ2n) is 3.38. The summed E-state index contributed by atoms with van der Waals surface area (Å²) in [7, 11) is 5.56. The molecule has 0 aliphatic heterocycles. The van der Waals surface area contributed by atoms with E-state index in [1.54, 1.807) is 7.11 Å². The topological polar surface area (TPSA) is 24.8 Å². The van der Waals surface area contributed by atoms with Gasteiger partial charge in [0.15, 0.2) is 0 Å². The lowest BCUT2D eigenvalue weighted by atomic mass is 10.1. The van der Waals surface area contributed by atoms with Crippen molar-refractivity contribution in [1.82, 2.24) is 0 Å². The standard InChI is InChI=1S/C12H16N2O/c1-9(15-5)11-8-10(14(3)4)6-7-12(11)13-2/h6-8H,1-2H2,3-5H3. The quantitative estimate of drug-likeness (QED) is 0.556. The van der Waals surface area contributed by atoms with Crippen molar-refractivity contribution in [2.75, 3.05) is 26.1 Å². The molecule has 80 valence electrons. The van der Waals surface area contributed by atoms with Crippen LogP contribution in [0.15, 0.2) is 29.8 Å². The Bertz CT molecular complexity index is 383. The molecule has 0 saturated carbocycles. The van der Waals surface area contributed by atoms with Gasteiger partial charge in [0.05, 0.1) is 12.8 Å². The highest BCUT2D eigenvalue weighted by atomic mass is 16.5. The smallest absolute Gasteiger partial charge is 0.121 e. The molecule has 0 aromatic heterocycles. The third-order valence-electron chi connectivity index (χ3n) is 2.21. The molecule has 0 heterocycles. The molecule has 0 spiro atoms. The number of hydrogen-bond acceptors (Lipinski definition) is 3. The van der Waals surface area contributed by atoms with Crippen LogP contribution in [0.2, 0.25) is 0 Å². The highest BCUT2D eigenvalue weighted by Gasteiger charge is 2.07. The lowest BCUT2D eigenvalue weighted by Gasteiger charge is -2.15. The molecule has 0 amide bonds. The number of anilines is 1. The summed E-state index contributed by atoms with van der Waals surface area (Å²) in [5.41, 5.74) is 2.74. The SMILES string of the molecule is C=Nc1ccc(N(C)C)cc1C(=C)OC. The van der Waals surface area contributed by atoms with Crippen molar-refractivity contribution in [3.8, 4) is 0 Å². The molecule has 0 unspecified atom stereocenters. The predicted molar refractivity (Wildman–Crippen MR) is 66.0 cm³/mol. The minimum atomic E-state index is 0.598. The monoisotopic (exact) mass is 204 g/mol. The number of aliphatic imine (C=N–C) groups is 1. The average Bonchev–Trinajstić information content (AvgIpc) is 2.27. The van der Waals surface area contributed by atoms with Crippen molar-refractivity contribution in [1.29, 1.82) is 0 Å². The lowest BCUT2D eigenvalue weighted by molar-refractivity contribution is 0.371. The Hall–Kier alpha value is -1.77. The fourth-order valence-electron chi connectivity index (χ4n) is 1.27. The summed E-state index contributed by atoms with van der Waals surface area (Å²) in [5.74, 6) is 0.598. The van der Waals surface area contributed by atoms with Gasteiger partial charge in [-0.3, -0.25) is 4.99 Å². The average molecular weight is 204 g/mol. The summed E-state index contributed by atoms with van der Waals surface area (Å²) in [6.45, 7) is 7.35. The molecule has 0 N–H and O–H groups in total. The van der Waals surface area contributed by atoms with Crippen LogP contribution >= 0.6 is 0 Å². The molecular weight excluding hydrogens is 188 g/mol. The first-order valence-electron chi connectivity index (χ1n) is 4.61. The number of nitrogens with zero attached hydrogens (tertiary/aromatic N) is 2. The zero-order valence-electron chi connectivity index (χ0n) is 9.45. The van der Waals surface area contributed by atoms with Gasteiger partial charge in [-0.05, 0) is 24.9 Å². The van der Waals surface area contributed by atoms with Gasteiger partial charge in [0, 0.05) is 25.3 Å². The van der Waals surface area contributed by atoms with Crippen molar-refractivity contribution in [2.45, 2.75) is 0 Å². The maximum atomic E-state index is 5.11.